The Morgan fingerprint density at radius 3 is 2.45 bits per heavy atom. The summed E-state index contributed by atoms with van der Waals surface area (Å²) >= 11 is 0. The quantitative estimate of drug-likeness (QED) is 0.442. The first kappa shape index (κ1) is 24.2. The van der Waals surface area contributed by atoms with Crippen molar-refractivity contribution >= 4 is 21.3 Å². The van der Waals surface area contributed by atoms with Crippen LogP contribution < -0.4 is 10.1 Å². The summed E-state index contributed by atoms with van der Waals surface area (Å²) in [6.07, 6.45) is -3.01. The molecule has 1 heterocycles. The van der Waals surface area contributed by atoms with Crippen LogP contribution in [0.1, 0.15) is 27.0 Å². The van der Waals surface area contributed by atoms with E-state index in [0.29, 0.717) is 11.8 Å². The van der Waals surface area contributed by atoms with Crippen molar-refractivity contribution in [3.05, 3.63) is 76.7 Å². The third-order valence-corrected chi connectivity index (χ3v) is 5.88. The third kappa shape index (κ3) is 5.48. The van der Waals surface area contributed by atoms with E-state index < -0.39 is 50.2 Å². The summed E-state index contributed by atoms with van der Waals surface area (Å²) < 4.78 is 79.1. The van der Waals surface area contributed by atoms with Crippen LogP contribution in [0.4, 0.5) is 23.2 Å². The molecule has 0 bridgehead atoms. The smallest absolute Gasteiger partial charge is 0.418 e. The van der Waals surface area contributed by atoms with Crippen LogP contribution in [0.5, 0.6) is 11.6 Å². The van der Waals surface area contributed by atoms with Gasteiger partial charge in [0, 0.05) is 23.0 Å². The van der Waals surface area contributed by atoms with Gasteiger partial charge in [-0.2, -0.15) is 13.2 Å². The molecule has 1 unspecified atom stereocenters. The SMILES string of the molecule is Cc1cc(F)ccc1Oc1ncc(C(F)(F)F)c(C)c1C(=O)Nc1cccc(S(C)(=N)=O)c1. The number of alkyl halides is 3. The molecule has 0 spiro atoms. The predicted octanol–water partition coefficient (Wildman–Crippen LogP) is 5.94. The predicted molar refractivity (Wildman–Crippen MR) is 115 cm³/mol. The number of hydrogen-bond acceptors (Lipinski definition) is 5. The summed E-state index contributed by atoms with van der Waals surface area (Å²) in [5, 5.41) is 2.44. The molecule has 0 aliphatic carbocycles. The molecule has 3 aromatic rings. The largest absolute Gasteiger partial charge is 0.438 e. The summed E-state index contributed by atoms with van der Waals surface area (Å²) in [6, 6.07) is 9.18. The number of nitrogens with zero attached hydrogens (tertiary/aromatic N) is 1. The van der Waals surface area contributed by atoms with E-state index in [1.54, 1.807) is 0 Å². The number of aromatic nitrogens is 1. The molecule has 6 nitrogen and oxygen atoms in total. The average Bonchev–Trinajstić information content (AvgIpc) is 2.68. The summed E-state index contributed by atoms with van der Waals surface area (Å²) in [6.45, 7) is 2.65. The van der Waals surface area contributed by atoms with Crippen molar-refractivity contribution < 1.29 is 31.3 Å². The first-order valence-electron chi connectivity index (χ1n) is 9.43. The summed E-state index contributed by atoms with van der Waals surface area (Å²) in [5.41, 5.74) is -1.53. The van der Waals surface area contributed by atoms with E-state index in [9.17, 15) is 26.6 Å². The van der Waals surface area contributed by atoms with Crippen LogP contribution in [0.25, 0.3) is 0 Å². The molecule has 2 N–H and O–H groups in total. The Morgan fingerprint density at radius 1 is 1.15 bits per heavy atom. The highest BCUT2D eigenvalue weighted by atomic mass is 32.2. The number of carbonyl (C=O) groups is 1. The lowest BCUT2D eigenvalue weighted by atomic mass is 10.0. The number of nitrogens with one attached hydrogen (secondary N) is 2. The van der Waals surface area contributed by atoms with Crippen LogP contribution in [0.2, 0.25) is 0 Å². The number of hydrogen-bond donors (Lipinski definition) is 2. The molecule has 1 amide bonds. The molecule has 1 aromatic heterocycles. The van der Waals surface area contributed by atoms with Gasteiger partial charge in [-0.1, -0.05) is 6.07 Å². The van der Waals surface area contributed by atoms with Crippen molar-refractivity contribution in [1.82, 2.24) is 4.98 Å². The minimum absolute atomic E-state index is 0.110. The van der Waals surface area contributed by atoms with Gasteiger partial charge in [-0.3, -0.25) is 4.79 Å². The van der Waals surface area contributed by atoms with Gasteiger partial charge in [0.1, 0.15) is 17.1 Å². The van der Waals surface area contributed by atoms with Gasteiger partial charge in [0.25, 0.3) is 5.91 Å². The number of pyridine rings is 1. The van der Waals surface area contributed by atoms with Crippen molar-refractivity contribution in [3.8, 4) is 11.6 Å². The molecule has 0 fully saturated rings. The molecule has 11 heteroatoms. The van der Waals surface area contributed by atoms with E-state index in [2.05, 4.69) is 10.3 Å². The topological polar surface area (TPSA) is 92.1 Å². The van der Waals surface area contributed by atoms with Gasteiger partial charge >= 0.3 is 6.18 Å². The fourth-order valence-electron chi connectivity index (χ4n) is 3.05. The number of anilines is 1. The number of benzene rings is 2. The van der Waals surface area contributed by atoms with Gasteiger partial charge in [-0.25, -0.2) is 18.4 Å². The Hall–Kier alpha value is -3.47. The zero-order valence-electron chi connectivity index (χ0n) is 17.7. The molecule has 0 radical (unpaired) electrons. The fraction of sp³-hybridized carbons (Fsp3) is 0.182. The van der Waals surface area contributed by atoms with Crippen LogP contribution in [0.15, 0.2) is 53.6 Å². The van der Waals surface area contributed by atoms with Gasteiger partial charge < -0.3 is 10.1 Å². The summed E-state index contributed by atoms with van der Waals surface area (Å²) in [7, 11) is -3.08. The summed E-state index contributed by atoms with van der Waals surface area (Å²) in [4.78, 5) is 16.9. The van der Waals surface area contributed by atoms with Crippen LogP contribution >= 0.6 is 0 Å². The van der Waals surface area contributed by atoms with E-state index in [1.165, 1.54) is 49.6 Å². The highest BCUT2D eigenvalue weighted by Gasteiger charge is 2.36. The molecule has 2 aromatic carbocycles. The van der Waals surface area contributed by atoms with Gasteiger partial charge in [0.15, 0.2) is 0 Å². The van der Waals surface area contributed by atoms with Crippen molar-refractivity contribution in [3.63, 3.8) is 0 Å². The first-order chi connectivity index (χ1) is 15.3. The number of carbonyl (C=O) groups excluding carboxylic acids is 1. The highest BCUT2D eigenvalue weighted by molar-refractivity contribution is 7.91. The van der Waals surface area contributed by atoms with Crippen molar-refractivity contribution in [2.24, 2.45) is 0 Å². The first-order valence-corrected chi connectivity index (χ1v) is 11.4. The molecule has 174 valence electrons. The maximum Gasteiger partial charge on any atom is 0.418 e. The van der Waals surface area contributed by atoms with Gasteiger partial charge in [-0.05, 0) is 61.4 Å². The van der Waals surface area contributed by atoms with Crippen molar-refractivity contribution in [2.45, 2.75) is 24.9 Å². The van der Waals surface area contributed by atoms with Crippen molar-refractivity contribution in [2.75, 3.05) is 11.6 Å². The number of rotatable bonds is 5. The maximum atomic E-state index is 13.5. The number of ether oxygens (including phenoxy) is 1. The second-order valence-corrected chi connectivity index (χ2v) is 9.47. The van der Waals surface area contributed by atoms with Gasteiger partial charge in [-0.15, -0.1) is 0 Å². The average molecular weight is 481 g/mol. The number of amides is 1. The number of aryl methyl sites for hydroxylation is 1. The van der Waals surface area contributed by atoms with Crippen molar-refractivity contribution in [1.29, 1.82) is 4.78 Å². The molecule has 1 atom stereocenters. The Morgan fingerprint density at radius 2 is 1.85 bits per heavy atom. The van der Waals surface area contributed by atoms with E-state index >= 15 is 0 Å². The van der Waals surface area contributed by atoms with Crippen LogP contribution in [0, 0.1) is 24.4 Å². The second-order valence-electron chi connectivity index (χ2n) is 7.31. The molecule has 3 rings (SSSR count). The normalized spacial score (nSPS) is 13.3. The Labute approximate surface area is 187 Å². The van der Waals surface area contributed by atoms with E-state index in [1.807, 2.05) is 0 Å². The lowest BCUT2D eigenvalue weighted by molar-refractivity contribution is -0.138. The summed E-state index contributed by atoms with van der Waals surface area (Å²) in [5.74, 6) is -1.77. The van der Waals surface area contributed by atoms with Gasteiger partial charge in [0.05, 0.1) is 15.3 Å². The standard InChI is InChI=1S/C22H19F4N3O3S/c1-12-9-14(23)7-8-18(12)32-21-19(13(2)17(11-28-21)22(24,25)26)20(30)29-15-5-4-6-16(10-15)33(3,27)31/h4-11,27H,1-3H3,(H,29,30). The van der Waals surface area contributed by atoms with E-state index in [4.69, 9.17) is 9.52 Å². The fourth-order valence-corrected chi connectivity index (χ4v) is 3.74. The molecule has 33 heavy (non-hydrogen) atoms. The molecular formula is C22H19F4N3O3S. The molecular weight excluding hydrogens is 462 g/mol. The highest BCUT2D eigenvalue weighted by Crippen LogP contribution is 2.37. The third-order valence-electron chi connectivity index (χ3n) is 4.72. The van der Waals surface area contributed by atoms with Crippen LogP contribution in [-0.4, -0.2) is 21.4 Å². The Balaban J connectivity index is 2.08. The van der Waals surface area contributed by atoms with E-state index in [0.717, 1.165) is 13.0 Å². The zero-order chi connectivity index (χ0) is 24.6. The molecule has 0 saturated carbocycles. The molecule has 0 aliphatic heterocycles. The van der Waals surface area contributed by atoms with E-state index in [-0.39, 0.29) is 16.3 Å². The zero-order valence-corrected chi connectivity index (χ0v) is 18.5. The maximum absolute atomic E-state index is 13.5. The lowest BCUT2D eigenvalue weighted by Gasteiger charge is -2.18. The van der Waals surface area contributed by atoms with Gasteiger partial charge in [0.2, 0.25) is 5.88 Å². The Bertz CT molecular complexity index is 1340. The minimum Gasteiger partial charge on any atom is -0.438 e. The minimum atomic E-state index is -4.77. The number of halogens is 4. The van der Waals surface area contributed by atoms with Crippen LogP contribution in [-0.2, 0) is 15.9 Å². The van der Waals surface area contributed by atoms with Crippen LogP contribution in [0.3, 0.4) is 0 Å². The monoisotopic (exact) mass is 481 g/mol. The second kappa shape index (κ2) is 8.81. The molecule has 0 saturated heterocycles. The Kier molecular flexibility index (Phi) is 6.46. The lowest BCUT2D eigenvalue weighted by Crippen LogP contribution is -2.19. The molecule has 0 aliphatic rings.